The van der Waals surface area contributed by atoms with E-state index in [-0.39, 0.29) is 29.4 Å². The summed E-state index contributed by atoms with van der Waals surface area (Å²) in [6.07, 6.45) is -3.56. The molecule has 0 aromatic heterocycles. The SMILES string of the molecule is CS(=O)(=O)c1cccc(-c2cc(OCCO)cc(C(F)(F)F)c2)c1. The zero-order valence-corrected chi connectivity index (χ0v) is 13.5. The van der Waals surface area contributed by atoms with E-state index in [1.165, 1.54) is 30.3 Å². The minimum absolute atomic E-state index is 0.00948. The second kappa shape index (κ2) is 6.82. The van der Waals surface area contributed by atoms with Crippen LogP contribution >= 0.6 is 0 Å². The molecule has 0 aliphatic carbocycles. The molecule has 2 aromatic carbocycles. The van der Waals surface area contributed by atoms with Gasteiger partial charge in [-0.1, -0.05) is 12.1 Å². The highest BCUT2D eigenvalue weighted by Gasteiger charge is 2.31. The van der Waals surface area contributed by atoms with E-state index in [0.29, 0.717) is 5.56 Å². The van der Waals surface area contributed by atoms with Crippen LogP contribution in [0.3, 0.4) is 0 Å². The summed E-state index contributed by atoms with van der Waals surface area (Å²) in [5, 5.41) is 8.76. The lowest BCUT2D eigenvalue weighted by atomic mass is 10.0. The summed E-state index contributed by atoms with van der Waals surface area (Å²) in [4.78, 5) is 0.00948. The van der Waals surface area contributed by atoms with E-state index < -0.39 is 21.6 Å². The third-order valence-electron chi connectivity index (χ3n) is 3.19. The van der Waals surface area contributed by atoms with Crippen molar-refractivity contribution in [3.05, 3.63) is 48.0 Å². The van der Waals surface area contributed by atoms with E-state index >= 15 is 0 Å². The highest BCUT2D eigenvalue weighted by molar-refractivity contribution is 7.90. The van der Waals surface area contributed by atoms with Crippen molar-refractivity contribution in [1.29, 1.82) is 0 Å². The summed E-state index contributed by atoms with van der Waals surface area (Å²) in [6.45, 7) is -0.487. The smallest absolute Gasteiger partial charge is 0.416 e. The van der Waals surface area contributed by atoms with Crippen LogP contribution in [0.25, 0.3) is 11.1 Å². The number of hydrogen-bond donors (Lipinski definition) is 1. The highest BCUT2D eigenvalue weighted by atomic mass is 32.2. The molecule has 2 rings (SSSR count). The number of benzene rings is 2. The van der Waals surface area contributed by atoms with Crippen LogP contribution in [0.1, 0.15) is 5.56 Å². The van der Waals surface area contributed by atoms with Crippen molar-refractivity contribution in [3.8, 4) is 16.9 Å². The fraction of sp³-hybridized carbons (Fsp3) is 0.250. The van der Waals surface area contributed by atoms with Gasteiger partial charge in [0.15, 0.2) is 9.84 Å². The maximum absolute atomic E-state index is 13.1. The fourth-order valence-corrected chi connectivity index (χ4v) is 2.75. The van der Waals surface area contributed by atoms with E-state index in [0.717, 1.165) is 18.4 Å². The molecule has 0 aliphatic rings. The number of aliphatic hydroxyl groups excluding tert-OH is 1. The van der Waals surface area contributed by atoms with Crippen molar-refractivity contribution < 1.29 is 31.4 Å². The monoisotopic (exact) mass is 360 g/mol. The summed E-state index contributed by atoms with van der Waals surface area (Å²) >= 11 is 0. The second-order valence-corrected chi connectivity index (χ2v) is 7.13. The van der Waals surface area contributed by atoms with Gasteiger partial charge in [0, 0.05) is 6.26 Å². The summed E-state index contributed by atoms with van der Waals surface area (Å²) in [6, 6.07) is 8.77. The van der Waals surface area contributed by atoms with Crippen LogP contribution in [0.4, 0.5) is 13.2 Å². The Kier molecular flexibility index (Phi) is 5.19. The zero-order chi connectivity index (χ0) is 18.0. The lowest BCUT2D eigenvalue weighted by Crippen LogP contribution is -2.07. The van der Waals surface area contributed by atoms with Crippen LogP contribution < -0.4 is 4.74 Å². The van der Waals surface area contributed by atoms with E-state index in [1.54, 1.807) is 0 Å². The Morgan fingerprint density at radius 1 is 1.08 bits per heavy atom. The molecule has 4 nitrogen and oxygen atoms in total. The number of halogens is 3. The number of ether oxygens (including phenoxy) is 1. The van der Waals surface area contributed by atoms with Crippen molar-refractivity contribution in [2.45, 2.75) is 11.1 Å². The largest absolute Gasteiger partial charge is 0.491 e. The van der Waals surface area contributed by atoms with Crippen LogP contribution in [0, 0.1) is 0 Å². The molecular weight excluding hydrogens is 345 g/mol. The standard InChI is InChI=1S/C16H15F3O4S/c1-24(21,22)15-4-2-3-11(9-15)12-7-13(16(17,18)19)10-14(8-12)23-6-5-20/h2-4,7-10,20H,5-6H2,1H3. The average Bonchev–Trinajstić information content (AvgIpc) is 2.51. The first-order chi connectivity index (χ1) is 11.1. The molecule has 0 amide bonds. The molecule has 24 heavy (non-hydrogen) atoms. The molecule has 1 N–H and O–H groups in total. The molecule has 0 unspecified atom stereocenters. The summed E-state index contributed by atoms with van der Waals surface area (Å²) in [5.41, 5.74) is -0.432. The van der Waals surface area contributed by atoms with Gasteiger partial charge in [-0.05, 0) is 41.5 Å². The number of aliphatic hydroxyl groups is 1. The van der Waals surface area contributed by atoms with Gasteiger partial charge in [0.2, 0.25) is 0 Å². The van der Waals surface area contributed by atoms with Gasteiger partial charge >= 0.3 is 6.18 Å². The zero-order valence-electron chi connectivity index (χ0n) is 12.7. The molecule has 0 heterocycles. The predicted molar refractivity (Wildman–Crippen MR) is 82.6 cm³/mol. The van der Waals surface area contributed by atoms with Gasteiger partial charge < -0.3 is 9.84 Å². The first-order valence-electron chi connectivity index (χ1n) is 6.88. The first kappa shape index (κ1) is 18.3. The molecule has 0 atom stereocenters. The molecular formula is C16H15F3O4S. The molecule has 0 spiro atoms. The van der Waals surface area contributed by atoms with Crippen LogP contribution in [0.2, 0.25) is 0 Å². The van der Waals surface area contributed by atoms with E-state index in [4.69, 9.17) is 9.84 Å². The van der Waals surface area contributed by atoms with Crippen molar-refractivity contribution in [1.82, 2.24) is 0 Å². The summed E-state index contributed by atoms with van der Waals surface area (Å²) in [5.74, 6) is -0.0568. The van der Waals surface area contributed by atoms with Crippen molar-refractivity contribution in [2.75, 3.05) is 19.5 Å². The van der Waals surface area contributed by atoms with E-state index in [2.05, 4.69) is 0 Å². The number of hydrogen-bond acceptors (Lipinski definition) is 4. The average molecular weight is 360 g/mol. The lowest BCUT2D eigenvalue weighted by Gasteiger charge is -2.13. The Balaban J connectivity index is 2.57. The van der Waals surface area contributed by atoms with Gasteiger partial charge in [0.05, 0.1) is 17.1 Å². The number of sulfone groups is 1. The minimum Gasteiger partial charge on any atom is -0.491 e. The van der Waals surface area contributed by atoms with Crippen LogP contribution in [-0.2, 0) is 16.0 Å². The molecule has 0 saturated heterocycles. The summed E-state index contributed by atoms with van der Waals surface area (Å²) in [7, 11) is -3.48. The topological polar surface area (TPSA) is 63.6 Å². The molecule has 0 bridgehead atoms. The van der Waals surface area contributed by atoms with Gasteiger partial charge in [0.25, 0.3) is 0 Å². The van der Waals surface area contributed by atoms with Crippen LogP contribution in [0.15, 0.2) is 47.4 Å². The van der Waals surface area contributed by atoms with Crippen molar-refractivity contribution in [2.24, 2.45) is 0 Å². The first-order valence-corrected chi connectivity index (χ1v) is 8.77. The van der Waals surface area contributed by atoms with Crippen LogP contribution in [0.5, 0.6) is 5.75 Å². The van der Waals surface area contributed by atoms with Crippen molar-refractivity contribution in [3.63, 3.8) is 0 Å². The Labute approximate surface area is 137 Å². The summed E-state index contributed by atoms with van der Waals surface area (Å²) < 4.78 is 67.5. The van der Waals surface area contributed by atoms with E-state index in [9.17, 15) is 21.6 Å². The normalized spacial score (nSPS) is 12.2. The molecule has 0 saturated carbocycles. The number of rotatable bonds is 5. The van der Waals surface area contributed by atoms with Gasteiger partial charge in [-0.3, -0.25) is 0 Å². The Morgan fingerprint density at radius 2 is 1.79 bits per heavy atom. The van der Waals surface area contributed by atoms with Gasteiger partial charge in [-0.25, -0.2) is 8.42 Å². The molecule has 0 aliphatic heterocycles. The molecule has 0 fully saturated rings. The third-order valence-corrected chi connectivity index (χ3v) is 4.30. The Bertz CT molecular complexity index is 829. The Hall–Kier alpha value is -2.06. The molecule has 8 heteroatoms. The number of alkyl halides is 3. The van der Waals surface area contributed by atoms with Gasteiger partial charge in [0.1, 0.15) is 12.4 Å². The Morgan fingerprint density at radius 3 is 2.38 bits per heavy atom. The van der Waals surface area contributed by atoms with Gasteiger partial charge in [-0.15, -0.1) is 0 Å². The van der Waals surface area contributed by atoms with Gasteiger partial charge in [-0.2, -0.15) is 13.2 Å². The minimum atomic E-state index is -4.58. The molecule has 2 aromatic rings. The molecule has 0 radical (unpaired) electrons. The van der Waals surface area contributed by atoms with Crippen LogP contribution in [-0.4, -0.2) is 33.0 Å². The van der Waals surface area contributed by atoms with Crippen molar-refractivity contribution >= 4 is 9.84 Å². The lowest BCUT2D eigenvalue weighted by molar-refractivity contribution is -0.137. The third kappa shape index (κ3) is 4.48. The quantitative estimate of drug-likeness (QED) is 0.890. The van der Waals surface area contributed by atoms with E-state index in [1.807, 2.05) is 0 Å². The second-order valence-electron chi connectivity index (χ2n) is 5.12. The maximum atomic E-state index is 13.1. The maximum Gasteiger partial charge on any atom is 0.416 e. The fourth-order valence-electron chi connectivity index (χ4n) is 2.08. The highest BCUT2D eigenvalue weighted by Crippen LogP contribution is 2.36. The predicted octanol–water partition coefficient (Wildman–Crippen LogP) is 3.15. The molecule has 130 valence electrons.